The summed E-state index contributed by atoms with van der Waals surface area (Å²) in [7, 11) is 0. The molecule has 0 aliphatic rings. The molecule has 90 valence electrons. The lowest BCUT2D eigenvalue weighted by atomic mass is 10.0. The molecule has 0 spiro atoms. The summed E-state index contributed by atoms with van der Waals surface area (Å²) in [6.07, 6.45) is 0.150. The Morgan fingerprint density at radius 1 is 1.44 bits per heavy atom. The zero-order valence-electron chi connectivity index (χ0n) is 9.96. The van der Waals surface area contributed by atoms with Gasteiger partial charge in [-0.1, -0.05) is 6.07 Å². The zero-order valence-corrected chi connectivity index (χ0v) is 9.96. The molecule has 0 amide bonds. The van der Waals surface area contributed by atoms with Crippen LogP contribution in [0.1, 0.15) is 31.0 Å². The van der Waals surface area contributed by atoms with E-state index in [0.717, 1.165) is 11.1 Å². The molecular formula is C12H19FN2O. The molecule has 3 N–H and O–H groups in total. The van der Waals surface area contributed by atoms with Crippen molar-refractivity contribution in [2.75, 3.05) is 6.61 Å². The lowest BCUT2D eigenvalue weighted by Gasteiger charge is -2.20. The highest BCUT2D eigenvalue weighted by Gasteiger charge is 2.13. The topological polar surface area (TPSA) is 47.3 Å². The first-order valence-electron chi connectivity index (χ1n) is 5.38. The van der Waals surface area contributed by atoms with Crippen LogP contribution in [-0.4, -0.2) is 12.7 Å². The van der Waals surface area contributed by atoms with Gasteiger partial charge in [0.1, 0.15) is 5.82 Å². The summed E-state index contributed by atoms with van der Waals surface area (Å²) in [5.74, 6) is 5.24. The van der Waals surface area contributed by atoms with Crippen molar-refractivity contribution in [1.82, 2.24) is 5.43 Å². The van der Waals surface area contributed by atoms with Gasteiger partial charge in [-0.3, -0.25) is 11.3 Å². The van der Waals surface area contributed by atoms with Gasteiger partial charge >= 0.3 is 0 Å². The first kappa shape index (κ1) is 13.1. The van der Waals surface area contributed by atoms with Crippen LogP contribution in [0.3, 0.4) is 0 Å². The number of hydrogen-bond donors (Lipinski definition) is 2. The van der Waals surface area contributed by atoms with E-state index in [1.807, 2.05) is 20.8 Å². The van der Waals surface area contributed by atoms with Gasteiger partial charge in [-0.05, 0) is 44.0 Å². The molecule has 4 heteroatoms. The van der Waals surface area contributed by atoms with E-state index in [0.29, 0.717) is 6.61 Å². The summed E-state index contributed by atoms with van der Waals surface area (Å²) in [6.45, 7) is 6.26. The fraction of sp³-hybridized carbons (Fsp3) is 0.500. The Kier molecular flexibility index (Phi) is 4.86. The summed E-state index contributed by atoms with van der Waals surface area (Å²) in [5.41, 5.74) is 4.52. The van der Waals surface area contributed by atoms with Crippen LogP contribution in [0.25, 0.3) is 0 Å². The van der Waals surface area contributed by atoms with Crippen LogP contribution in [0.15, 0.2) is 18.2 Å². The minimum atomic E-state index is -0.234. The third kappa shape index (κ3) is 3.56. The number of hydrazine groups is 1. The lowest BCUT2D eigenvalue weighted by molar-refractivity contribution is 0.0610. The fourth-order valence-corrected chi connectivity index (χ4v) is 1.55. The van der Waals surface area contributed by atoms with E-state index in [1.165, 1.54) is 12.1 Å². The van der Waals surface area contributed by atoms with E-state index >= 15 is 0 Å². The Labute approximate surface area is 95.8 Å². The zero-order chi connectivity index (χ0) is 12.1. The van der Waals surface area contributed by atoms with Crippen molar-refractivity contribution in [3.63, 3.8) is 0 Å². The van der Waals surface area contributed by atoms with Crippen LogP contribution < -0.4 is 11.3 Å². The lowest BCUT2D eigenvalue weighted by Crippen LogP contribution is -2.32. The molecule has 16 heavy (non-hydrogen) atoms. The highest BCUT2D eigenvalue weighted by Crippen LogP contribution is 2.18. The minimum absolute atomic E-state index is 0.108. The molecule has 0 saturated heterocycles. The van der Waals surface area contributed by atoms with E-state index in [2.05, 4.69) is 5.43 Å². The molecular weight excluding hydrogens is 207 g/mol. The number of hydrogen-bond acceptors (Lipinski definition) is 3. The first-order valence-corrected chi connectivity index (χ1v) is 5.38. The van der Waals surface area contributed by atoms with Crippen molar-refractivity contribution in [2.45, 2.75) is 32.9 Å². The maximum absolute atomic E-state index is 12.9. The normalized spacial score (nSPS) is 13.1. The Morgan fingerprint density at radius 3 is 2.62 bits per heavy atom. The second-order valence-corrected chi connectivity index (χ2v) is 4.10. The molecule has 3 nitrogen and oxygen atoms in total. The third-order valence-corrected chi connectivity index (χ3v) is 2.40. The number of nitrogens with two attached hydrogens (primary N) is 1. The third-order valence-electron chi connectivity index (χ3n) is 2.40. The molecule has 0 heterocycles. The number of nitrogens with one attached hydrogen (secondary N) is 1. The van der Waals surface area contributed by atoms with Gasteiger partial charge in [-0.15, -0.1) is 0 Å². The molecule has 1 aromatic rings. The summed E-state index contributed by atoms with van der Waals surface area (Å²) in [4.78, 5) is 0. The number of aryl methyl sites for hydroxylation is 1. The molecule has 0 aliphatic heterocycles. The average molecular weight is 226 g/mol. The highest BCUT2D eigenvalue weighted by atomic mass is 19.1. The van der Waals surface area contributed by atoms with Crippen LogP contribution in [0.2, 0.25) is 0 Å². The Hall–Kier alpha value is -0.970. The van der Waals surface area contributed by atoms with Crippen molar-refractivity contribution in [3.05, 3.63) is 35.1 Å². The van der Waals surface area contributed by atoms with Gasteiger partial charge in [-0.25, -0.2) is 4.39 Å². The van der Waals surface area contributed by atoms with Gasteiger partial charge in [0.25, 0.3) is 0 Å². The van der Waals surface area contributed by atoms with Gasteiger partial charge in [0.2, 0.25) is 0 Å². The van der Waals surface area contributed by atoms with Gasteiger partial charge in [-0.2, -0.15) is 0 Å². The quantitative estimate of drug-likeness (QED) is 0.597. The SMILES string of the molecule is Cc1cc(F)ccc1C(COC(C)C)NN. The van der Waals surface area contributed by atoms with E-state index in [-0.39, 0.29) is 18.0 Å². The maximum Gasteiger partial charge on any atom is 0.123 e. The summed E-state index contributed by atoms with van der Waals surface area (Å²) >= 11 is 0. The molecule has 0 saturated carbocycles. The first-order chi connectivity index (χ1) is 7.54. The average Bonchev–Trinajstić information content (AvgIpc) is 2.21. The van der Waals surface area contributed by atoms with Crippen LogP contribution in [0.4, 0.5) is 4.39 Å². The van der Waals surface area contributed by atoms with E-state index in [4.69, 9.17) is 10.6 Å². The smallest absolute Gasteiger partial charge is 0.123 e. The molecule has 0 radical (unpaired) electrons. The second kappa shape index (κ2) is 5.94. The van der Waals surface area contributed by atoms with Gasteiger partial charge in [0, 0.05) is 0 Å². The maximum atomic E-state index is 12.9. The molecule has 1 atom stereocenters. The number of benzene rings is 1. The Balaban J connectivity index is 2.78. The number of halogens is 1. The fourth-order valence-electron chi connectivity index (χ4n) is 1.55. The van der Waals surface area contributed by atoms with Crippen molar-refractivity contribution in [3.8, 4) is 0 Å². The molecule has 0 fully saturated rings. The van der Waals surface area contributed by atoms with Crippen molar-refractivity contribution in [2.24, 2.45) is 5.84 Å². The number of ether oxygens (including phenoxy) is 1. The largest absolute Gasteiger partial charge is 0.377 e. The van der Waals surface area contributed by atoms with Gasteiger partial charge in [0.15, 0.2) is 0 Å². The summed E-state index contributed by atoms with van der Waals surface area (Å²) < 4.78 is 18.4. The van der Waals surface area contributed by atoms with Crippen LogP contribution >= 0.6 is 0 Å². The molecule has 0 aromatic heterocycles. The van der Waals surface area contributed by atoms with Crippen LogP contribution in [0, 0.1) is 12.7 Å². The predicted molar refractivity (Wildman–Crippen MR) is 62.3 cm³/mol. The molecule has 0 bridgehead atoms. The van der Waals surface area contributed by atoms with Crippen molar-refractivity contribution in [1.29, 1.82) is 0 Å². The van der Waals surface area contributed by atoms with E-state index in [1.54, 1.807) is 6.07 Å². The monoisotopic (exact) mass is 226 g/mol. The molecule has 0 aliphatic carbocycles. The van der Waals surface area contributed by atoms with Crippen molar-refractivity contribution < 1.29 is 9.13 Å². The van der Waals surface area contributed by atoms with Gasteiger partial charge in [0.05, 0.1) is 18.8 Å². The number of rotatable bonds is 5. The van der Waals surface area contributed by atoms with Crippen molar-refractivity contribution >= 4 is 0 Å². The van der Waals surface area contributed by atoms with E-state index in [9.17, 15) is 4.39 Å². The van der Waals surface area contributed by atoms with Gasteiger partial charge < -0.3 is 4.74 Å². The molecule has 1 aromatic carbocycles. The molecule has 1 unspecified atom stereocenters. The Morgan fingerprint density at radius 2 is 2.12 bits per heavy atom. The minimum Gasteiger partial charge on any atom is -0.377 e. The summed E-state index contributed by atoms with van der Waals surface area (Å²) in [5, 5.41) is 0. The van der Waals surface area contributed by atoms with Crippen LogP contribution in [0.5, 0.6) is 0 Å². The predicted octanol–water partition coefficient (Wildman–Crippen LogP) is 2.06. The second-order valence-electron chi connectivity index (χ2n) is 4.10. The Bertz CT molecular complexity index is 342. The molecule has 1 rings (SSSR count). The standard InChI is InChI=1S/C12H19FN2O/c1-8(2)16-7-12(15-14)11-5-4-10(13)6-9(11)3/h4-6,8,12,15H,7,14H2,1-3H3. The van der Waals surface area contributed by atoms with E-state index < -0.39 is 0 Å². The van der Waals surface area contributed by atoms with Crippen LogP contribution in [-0.2, 0) is 4.74 Å². The highest BCUT2D eigenvalue weighted by molar-refractivity contribution is 5.29. The summed E-state index contributed by atoms with van der Waals surface area (Å²) in [6, 6.07) is 4.55.